The Balaban J connectivity index is 3.15. The van der Waals surface area contributed by atoms with Crippen molar-refractivity contribution in [1.82, 2.24) is 5.32 Å². The minimum Gasteiger partial charge on any atom is -0.493 e. The molecular weight excluding hydrogens is 385 g/mol. The van der Waals surface area contributed by atoms with E-state index in [-0.39, 0.29) is 11.9 Å². The van der Waals surface area contributed by atoms with Gasteiger partial charge in [0.25, 0.3) is 5.91 Å². The van der Waals surface area contributed by atoms with E-state index in [1.807, 2.05) is 0 Å². The fourth-order valence-corrected chi connectivity index (χ4v) is 3.15. The summed E-state index contributed by atoms with van der Waals surface area (Å²) < 4.78 is 16.7. The molecule has 1 aromatic rings. The number of nitrogens with one attached hydrogen (secondary N) is 1. The molecule has 0 saturated carbocycles. The van der Waals surface area contributed by atoms with E-state index in [0.717, 1.165) is 4.43 Å². The summed E-state index contributed by atoms with van der Waals surface area (Å²) in [6.45, 7) is 4.16. The van der Waals surface area contributed by atoms with Crippen molar-refractivity contribution in [2.75, 3.05) is 25.8 Å². The lowest BCUT2D eigenvalue weighted by Crippen LogP contribution is -2.39. The molecule has 0 radical (unpaired) electrons. The van der Waals surface area contributed by atoms with Crippen LogP contribution in [0.1, 0.15) is 24.2 Å². The number of amides is 1. The minimum atomic E-state index is -0.178. The number of alkyl halides is 1. The molecule has 6 heteroatoms. The number of rotatable bonds is 7. The fourth-order valence-electron chi connectivity index (χ4n) is 1.91. The molecule has 0 bridgehead atoms. The number of benzene rings is 1. The lowest BCUT2D eigenvalue weighted by atomic mass is 10.1. The molecule has 0 fully saturated rings. The maximum absolute atomic E-state index is 12.5. The third-order valence-corrected chi connectivity index (χ3v) is 4.19. The monoisotopic (exact) mass is 407 g/mol. The topological polar surface area (TPSA) is 56.8 Å². The zero-order valence-corrected chi connectivity index (χ0v) is 15.2. The molecular formula is C15H22INO4. The lowest BCUT2D eigenvalue weighted by molar-refractivity contribution is 0.0928. The van der Waals surface area contributed by atoms with Gasteiger partial charge in [-0.05, 0) is 18.1 Å². The lowest BCUT2D eigenvalue weighted by Gasteiger charge is -2.21. The van der Waals surface area contributed by atoms with E-state index < -0.39 is 0 Å². The Morgan fingerprint density at radius 3 is 2.19 bits per heavy atom. The van der Waals surface area contributed by atoms with E-state index >= 15 is 0 Å². The van der Waals surface area contributed by atoms with Crippen LogP contribution in [0.25, 0.3) is 0 Å². The molecule has 21 heavy (non-hydrogen) atoms. The van der Waals surface area contributed by atoms with Crippen LogP contribution >= 0.6 is 22.6 Å². The number of halogens is 1. The Bertz CT molecular complexity index is 491. The van der Waals surface area contributed by atoms with Gasteiger partial charge in [0.05, 0.1) is 26.9 Å². The second kappa shape index (κ2) is 8.31. The van der Waals surface area contributed by atoms with Gasteiger partial charge < -0.3 is 19.5 Å². The van der Waals surface area contributed by atoms with E-state index in [1.165, 1.54) is 14.2 Å². The predicted octanol–water partition coefficient (Wildman–Crippen LogP) is 2.90. The standard InChI is InChI=1S/C15H22INO4/c1-9(2)11(8-16)17-15(18)10-6-7-12(19-3)14(21-5)13(10)20-4/h6-7,9,11H,8H2,1-5H3,(H,17,18). The molecule has 1 aromatic carbocycles. The van der Waals surface area contributed by atoms with Gasteiger partial charge in [-0.2, -0.15) is 0 Å². The first kappa shape index (κ1) is 17.9. The zero-order valence-electron chi connectivity index (χ0n) is 13.0. The molecule has 1 amide bonds. The zero-order chi connectivity index (χ0) is 16.0. The highest BCUT2D eigenvalue weighted by Gasteiger charge is 2.23. The quantitative estimate of drug-likeness (QED) is 0.558. The summed E-state index contributed by atoms with van der Waals surface area (Å²) in [6, 6.07) is 3.49. The molecule has 1 unspecified atom stereocenters. The van der Waals surface area contributed by atoms with Crippen molar-refractivity contribution in [2.24, 2.45) is 5.92 Å². The third kappa shape index (κ3) is 4.15. The smallest absolute Gasteiger partial charge is 0.255 e. The van der Waals surface area contributed by atoms with Gasteiger partial charge in [0.2, 0.25) is 5.75 Å². The molecule has 1 atom stereocenters. The van der Waals surface area contributed by atoms with Crippen molar-refractivity contribution in [3.63, 3.8) is 0 Å². The summed E-state index contributed by atoms with van der Waals surface area (Å²) >= 11 is 2.27. The molecule has 1 N–H and O–H groups in total. The Morgan fingerprint density at radius 2 is 1.76 bits per heavy atom. The van der Waals surface area contributed by atoms with Gasteiger partial charge >= 0.3 is 0 Å². The van der Waals surface area contributed by atoms with E-state index in [0.29, 0.717) is 28.7 Å². The fraction of sp³-hybridized carbons (Fsp3) is 0.533. The number of hydrogen-bond donors (Lipinski definition) is 1. The van der Waals surface area contributed by atoms with E-state index in [2.05, 4.69) is 41.8 Å². The van der Waals surface area contributed by atoms with Gasteiger partial charge in [0.15, 0.2) is 11.5 Å². The van der Waals surface area contributed by atoms with Crippen LogP contribution in [0.5, 0.6) is 17.2 Å². The van der Waals surface area contributed by atoms with E-state index in [1.54, 1.807) is 19.2 Å². The summed E-state index contributed by atoms with van der Waals surface area (Å²) in [5.41, 5.74) is 0.436. The maximum atomic E-state index is 12.5. The van der Waals surface area contributed by atoms with Gasteiger partial charge in [-0.1, -0.05) is 36.4 Å². The van der Waals surface area contributed by atoms with Crippen molar-refractivity contribution in [2.45, 2.75) is 19.9 Å². The number of hydrogen-bond acceptors (Lipinski definition) is 4. The van der Waals surface area contributed by atoms with Gasteiger partial charge in [-0.15, -0.1) is 0 Å². The van der Waals surface area contributed by atoms with Gasteiger partial charge in [0, 0.05) is 10.5 Å². The molecule has 0 aliphatic carbocycles. The Labute approximate surface area is 139 Å². The van der Waals surface area contributed by atoms with Crippen molar-refractivity contribution in [3.8, 4) is 17.2 Å². The van der Waals surface area contributed by atoms with Gasteiger partial charge in [-0.3, -0.25) is 4.79 Å². The van der Waals surface area contributed by atoms with Crippen molar-refractivity contribution in [1.29, 1.82) is 0 Å². The number of carbonyl (C=O) groups is 1. The SMILES string of the molecule is COc1ccc(C(=O)NC(CI)C(C)C)c(OC)c1OC. The molecule has 5 nitrogen and oxygen atoms in total. The van der Waals surface area contributed by atoms with Crippen LogP contribution in [-0.4, -0.2) is 37.7 Å². The van der Waals surface area contributed by atoms with Crippen LogP contribution in [0, 0.1) is 5.92 Å². The van der Waals surface area contributed by atoms with Crippen LogP contribution in [0.3, 0.4) is 0 Å². The van der Waals surface area contributed by atoms with Crippen LogP contribution in [-0.2, 0) is 0 Å². The maximum Gasteiger partial charge on any atom is 0.255 e. The highest BCUT2D eigenvalue weighted by atomic mass is 127. The summed E-state index contributed by atoms with van der Waals surface area (Å²) in [6.07, 6.45) is 0. The van der Waals surface area contributed by atoms with Gasteiger partial charge in [0.1, 0.15) is 0 Å². The molecule has 0 aliphatic heterocycles. The first-order valence-electron chi connectivity index (χ1n) is 6.65. The van der Waals surface area contributed by atoms with Crippen molar-refractivity contribution >= 4 is 28.5 Å². The Morgan fingerprint density at radius 1 is 1.14 bits per heavy atom. The molecule has 118 valence electrons. The summed E-state index contributed by atoms with van der Waals surface area (Å²) in [5, 5.41) is 3.02. The molecule has 1 rings (SSSR count). The molecule has 0 aliphatic rings. The molecule has 0 saturated heterocycles. The number of ether oxygens (including phenoxy) is 3. The van der Waals surface area contributed by atoms with Crippen LogP contribution in [0.15, 0.2) is 12.1 Å². The first-order valence-corrected chi connectivity index (χ1v) is 8.18. The average Bonchev–Trinajstić information content (AvgIpc) is 2.49. The Hall–Kier alpha value is -1.18. The highest BCUT2D eigenvalue weighted by molar-refractivity contribution is 14.1. The largest absolute Gasteiger partial charge is 0.493 e. The van der Waals surface area contributed by atoms with Crippen molar-refractivity contribution in [3.05, 3.63) is 17.7 Å². The number of methoxy groups -OCH3 is 3. The molecule has 0 spiro atoms. The molecule has 0 aromatic heterocycles. The van der Waals surface area contributed by atoms with Crippen LogP contribution in [0.2, 0.25) is 0 Å². The summed E-state index contributed by atoms with van der Waals surface area (Å²) in [7, 11) is 4.57. The van der Waals surface area contributed by atoms with Crippen LogP contribution < -0.4 is 19.5 Å². The van der Waals surface area contributed by atoms with Crippen LogP contribution in [0.4, 0.5) is 0 Å². The van der Waals surface area contributed by atoms with E-state index in [9.17, 15) is 4.79 Å². The summed E-state index contributed by atoms with van der Waals surface area (Å²) in [5.74, 6) is 1.51. The van der Waals surface area contributed by atoms with E-state index in [4.69, 9.17) is 14.2 Å². The number of carbonyl (C=O) groups excluding carboxylic acids is 1. The predicted molar refractivity (Wildman–Crippen MR) is 91.1 cm³/mol. The third-order valence-electron chi connectivity index (χ3n) is 3.24. The second-order valence-corrected chi connectivity index (χ2v) is 5.74. The normalized spacial score (nSPS) is 12.0. The highest BCUT2D eigenvalue weighted by Crippen LogP contribution is 2.39. The first-order chi connectivity index (χ1) is 9.99. The van der Waals surface area contributed by atoms with Crippen molar-refractivity contribution < 1.29 is 19.0 Å². The Kier molecular flexibility index (Phi) is 7.07. The van der Waals surface area contributed by atoms with Gasteiger partial charge in [-0.25, -0.2) is 0 Å². The minimum absolute atomic E-state index is 0.107. The molecule has 0 heterocycles. The summed E-state index contributed by atoms with van der Waals surface area (Å²) in [4.78, 5) is 12.5. The second-order valence-electron chi connectivity index (χ2n) is 4.86. The average molecular weight is 407 g/mol.